The molecule has 0 bridgehead atoms. The summed E-state index contributed by atoms with van der Waals surface area (Å²) in [5.41, 5.74) is -0.211. The van der Waals surface area contributed by atoms with Gasteiger partial charge >= 0.3 is 0 Å². The molecule has 0 aliphatic heterocycles. The molecule has 0 aromatic rings. The number of carbonyl (C=O) groups excluding carboxylic acids is 1. The maximum absolute atomic E-state index is 9.99. The molecule has 0 N–H and O–H groups in total. The highest BCUT2D eigenvalue weighted by molar-refractivity contribution is 5.45. The van der Waals surface area contributed by atoms with E-state index in [9.17, 15) is 4.79 Å². The molecule has 0 spiro atoms. The molecule has 58 valence electrons. The number of rotatable bonds is 2. The standard InChI is InChI=1S/C6H13N3O/c1-6(2,3)7-8-9(4)5-10/h5H,1-4H3. The first-order chi connectivity index (χ1) is 4.45. The van der Waals surface area contributed by atoms with Crippen molar-refractivity contribution in [2.45, 2.75) is 26.3 Å². The molecule has 0 heterocycles. The molecule has 0 fully saturated rings. The molecule has 0 saturated heterocycles. The van der Waals surface area contributed by atoms with Crippen LogP contribution in [0.5, 0.6) is 0 Å². The van der Waals surface area contributed by atoms with Crippen LogP contribution in [0.3, 0.4) is 0 Å². The minimum Gasteiger partial charge on any atom is -0.277 e. The first-order valence-corrected chi connectivity index (χ1v) is 3.06. The van der Waals surface area contributed by atoms with Gasteiger partial charge in [-0.2, -0.15) is 5.11 Å². The second-order valence-corrected chi connectivity index (χ2v) is 3.04. The average Bonchev–Trinajstić information content (AvgIpc) is 1.81. The summed E-state index contributed by atoms with van der Waals surface area (Å²) in [6.07, 6.45) is 0.606. The van der Waals surface area contributed by atoms with Gasteiger partial charge in [-0.1, -0.05) is 5.22 Å². The van der Waals surface area contributed by atoms with Crippen LogP contribution in [-0.4, -0.2) is 24.0 Å². The number of amides is 1. The van der Waals surface area contributed by atoms with Crippen LogP contribution >= 0.6 is 0 Å². The van der Waals surface area contributed by atoms with Gasteiger partial charge in [0.25, 0.3) is 0 Å². The summed E-state index contributed by atoms with van der Waals surface area (Å²) in [5.74, 6) is 0. The van der Waals surface area contributed by atoms with Crippen LogP contribution in [-0.2, 0) is 4.79 Å². The highest BCUT2D eigenvalue weighted by atomic mass is 16.1. The average molecular weight is 143 g/mol. The SMILES string of the molecule is CN(C=O)N=NC(C)(C)C. The monoisotopic (exact) mass is 143 g/mol. The van der Waals surface area contributed by atoms with Crippen molar-refractivity contribution in [2.24, 2.45) is 10.3 Å². The lowest BCUT2D eigenvalue weighted by Gasteiger charge is -2.10. The van der Waals surface area contributed by atoms with Gasteiger partial charge in [-0.25, -0.2) is 5.01 Å². The van der Waals surface area contributed by atoms with Crippen LogP contribution in [0.15, 0.2) is 10.3 Å². The minimum atomic E-state index is -0.211. The first kappa shape index (κ1) is 9.07. The van der Waals surface area contributed by atoms with Crippen LogP contribution in [0.25, 0.3) is 0 Å². The lowest BCUT2D eigenvalue weighted by atomic mass is 10.1. The van der Waals surface area contributed by atoms with Gasteiger partial charge in [0.1, 0.15) is 0 Å². The molecule has 10 heavy (non-hydrogen) atoms. The Labute approximate surface area is 60.9 Å². The van der Waals surface area contributed by atoms with Crippen molar-refractivity contribution in [3.05, 3.63) is 0 Å². The predicted octanol–water partition coefficient (Wildman–Crippen LogP) is 1.24. The summed E-state index contributed by atoms with van der Waals surface area (Å²) in [6.45, 7) is 5.74. The van der Waals surface area contributed by atoms with Gasteiger partial charge in [-0.3, -0.25) is 4.79 Å². The number of hydrogen-bond donors (Lipinski definition) is 0. The van der Waals surface area contributed by atoms with E-state index in [1.807, 2.05) is 20.8 Å². The molecular weight excluding hydrogens is 130 g/mol. The summed E-state index contributed by atoms with van der Waals surface area (Å²) in [4.78, 5) is 9.99. The van der Waals surface area contributed by atoms with Gasteiger partial charge < -0.3 is 0 Å². The zero-order valence-corrected chi connectivity index (χ0v) is 6.83. The van der Waals surface area contributed by atoms with Crippen molar-refractivity contribution in [1.29, 1.82) is 0 Å². The Hall–Kier alpha value is -0.930. The van der Waals surface area contributed by atoms with Crippen LogP contribution in [0.2, 0.25) is 0 Å². The highest BCUT2D eigenvalue weighted by Crippen LogP contribution is 2.06. The lowest BCUT2D eigenvalue weighted by Crippen LogP contribution is -2.12. The molecule has 0 rings (SSSR count). The molecule has 0 unspecified atom stereocenters. The molecule has 4 nitrogen and oxygen atoms in total. The van der Waals surface area contributed by atoms with Crippen molar-refractivity contribution in [1.82, 2.24) is 5.01 Å². The maximum atomic E-state index is 9.99. The third-order valence-electron chi connectivity index (χ3n) is 0.638. The fourth-order valence-corrected chi connectivity index (χ4v) is 0.226. The largest absolute Gasteiger partial charge is 0.277 e. The van der Waals surface area contributed by atoms with Crippen molar-refractivity contribution < 1.29 is 4.79 Å². The van der Waals surface area contributed by atoms with Crippen LogP contribution < -0.4 is 0 Å². The molecule has 4 heteroatoms. The van der Waals surface area contributed by atoms with E-state index in [-0.39, 0.29) is 5.54 Å². The van der Waals surface area contributed by atoms with E-state index in [0.29, 0.717) is 6.41 Å². The predicted molar refractivity (Wildman–Crippen MR) is 38.4 cm³/mol. The summed E-state index contributed by atoms with van der Waals surface area (Å²) in [6, 6.07) is 0. The quantitative estimate of drug-likeness (QED) is 0.326. The third kappa shape index (κ3) is 5.21. The smallest absolute Gasteiger partial charge is 0.230 e. The van der Waals surface area contributed by atoms with E-state index in [2.05, 4.69) is 10.3 Å². The van der Waals surface area contributed by atoms with Crippen molar-refractivity contribution in [3.63, 3.8) is 0 Å². The van der Waals surface area contributed by atoms with E-state index in [1.54, 1.807) is 7.05 Å². The minimum absolute atomic E-state index is 0.211. The summed E-state index contributed by atoms with van der Waals surface area (Å²) in [7, 11) is 1.54. The Bertz CT molecular complexity index is 136. The van der Waals surface area contributed by atoms with E-state index >= 15 is 0 Å². The summed E-state index contributed by atoms with van der Waals surface area (Å²) >= 11 is 0. The number of hydrogen-bond acceptors (Lipinski definition) is 3. The Morgan fingerprint density at radius 2 is 1.90 bits per heavy atom. The number of carbonyl (C=O) groups is 1. The van der Waals surface area contributed by atoms with Gasteiger partial charge in [0.15, 0.2) is 0 Å². The second-order valence-electron chi connectivity index (χ2n) is 3.04. The summed E-state index contributed by atoms with van der Waals surface area (Å²) in [5, 5.41) is 8.58. The first-order valence-electron chi connectivity index (χ1n) is 3.06. The fraction of sp³-hybridized carbons (Fsp3) is 0.833. The molecule has 0 aliphatic carbocycles. The zero-order valence-electron chi connectivity index (χ0n) is 6.83. The van der Waals surface area contributed by atoms with Crippen LogP contribution in [0, 0.1) is 0 Å². The molecule has 0 aromatic heterocycles. The van der Waals surface area contributed by atoms with Crippen molar-refractivity contribution in [3.8, 4) is 0 Å². The molecular formula is C6H13N3O. The van der Waals surface area contributed by atoms with E-state index in [0.717, 1.165) is 5.01 Å². The maximum Gasteiger partial charge on any atom is 0.230 e. The lowest BCUT2D eigenvalue weighted by molar-refractivity contribution is -0.117. The van der Waals surface area contributed by atoms with Gasteiger partial charge in [0.2, 0.25) is 6.41 Å². The fourth-order valence-electron chi connectivity index (χ4n) is 0.226. The molecule has 0 aliphatic rings. The van der Waals surface area contributed by atoms with Gasteiger partial charge in [0, 0.05) is 7.05 Å². The number of nitrogens with zero attached hydrogens (tertiary/aromatic N) is 3. The van der Waals surface area contributed by atoms with Gasteiger partial charge in [-0.15, -0.1) is 0 Å². The van der Waals surface area contributed by atoms with Gasteiger partial charge in [0.05, 0.1) is 5.54 Å². The van der Waals surface area contributed by atoms with Crippen LogP contribution in [0.4, 0.5) is 0 Å². The molecule has 0 saturated carbocycles. The molecule has 0 atom stereocenters. The van der Waals surface area contributed by atoms with Crippen molar-refractivity contribution in [2.75, 3.05) is 7.05 Å². The topological polar surface area (TPSA) is 45.0 Å². The highest BCUT2D eigenvalue weighted by Gasteiger charge is 2.06. The Morgan fingerprint density at radius 3 is 2.20 bits per heavy atom. The molecule has 0 aromatic carbocycles. The third-order valence-corrected chi connectivity index (χ3v) is 0.638. The Kier molecular flexibility index (Phi) is 2.99. The van der Waals surface area contributed by atoms with E-state index in [4.69, 9.17) is 0 Å². The second kappa shape index (κ2) is 3.29. The molecule has 1 amide bonds. The Balaban J connectivity index is 3.87. The van der Waals surface area contributed by atoms with Crippen molar-refractivity contribution >= 4 is 6.41 Å². The van der Waals surface area contributed by atoms with Crippen LogP contribution in [0.1, 0.15) is 20.8 Å². The normalized spacial score (nSPS) is 12.0. The summed E-state index contributed by atoms with van der Waals surface area (Å²) < 4.78 is 0. The van der Waals surface area contributed by atoms with E-state index in [1.165, 1.54) is 0 Å². The van der Waals surface area contributed by atoms with Gasteiger partial charge in [-0.05, 0) is 20.8 Å². The Morgan fingerprint density at radius 1 is 1.40 bits per heavy atom. The molecule has 0 radical (unpaired) electrons. The van der Waals surface area contributed by atoms with E-state index < -0.39 is 0 Å². The zero-order chi connectivity index (χ0) is 8.20.